The highest BCUT2D eigenvalue weighted by atomic mass is 16.6. The lowest BCUT2D eigenvalue weighted by atomic mass is 9.80. The van der Waals surface area contributed by atoms with Gasteiger partial charge in [-0.1, -0.05) is 88.4 Å². The number of benzene rings is 2. The van der Waals surface area contributed by atoms with Crippen LogP contribution < -0.4 is 27.8 Å². The van der Waals surface area contributed by atoms with Crippen molar-refractivity contribution in [2.24, 2.45) is 35.3 Å². The van der Waals surface area contributed by atoms with Crippen molar-refractivity contribution in [3.05, 3.63) is 108 Å². The summed E-state index contributed by atoms with van der Waals surface area (Å²) >= 11 is 0. The number of aromatic nitrogens is 5. The van der Waals surface area contributed by atoms with Gasteiger partial charge in [-0.25, -0.2) is 24.2 Å². The molecule has 11 N–H and O–H groups in total. The third kappa shape index (κ3) is 30.8. The highest BCUT2D eigenvalue weighted by molar-refractivity contribution is 6.39. The molecule has 6 heterocycles. The Morgan fingerprint density at radius 1 is 0.688 bits per heavy atom. The molecule has 0 unspecified atom stereocenters. The molecule has 0 radical (unpaired) electrons. The molecule has 9 rings (SSSR count). The van der Waals surface area contributed by atoms with Crippen LogP contribution in [-0.2, 0) is 103 Å². The number of piperidine rings is 1. The van der Waals surface area contributed by atoms with Crippen LogP contribution in [0.5, 0.6) is 0 Å². The number of carbonyl (C=O) groups is 6. The maximum atomic E-state index is 14.7. The highest BCUT2D eigenvalue weighted by Crippen LogP contribution is 2.39. The molecule has 2 bridgehead atoms. The van der Waals surface area contributed by atoms with Gasteiger partial charge in [-0.2, -0.15) is 10.1 Å². The number of fused-ring (bicyclic) bond motifs is 5. The number of nitrogens with two attached hydrogens (primary N) is 3. The minimum atomic E-state index is -2.49. The number of methoxy groups -OCH3 is 3. The van der Waals surface area contributed by atoms with Crippen LogP contribution in [0.1, 0.15) is 136 Å². The summed E-state index contributed by atoms with van der Waals surface area (Å²) in [6, 6.07) is 11.3. The first-order valence-electron chi connectivity index (χ1n) is 43.7. The number of nitrogen functional groups attached to an aromatic ring is 2. The maximum absolute atomic E-state index is 14.7. The summed E-state index contributed by atoms with van der Waals surface area (Å²) in [6.45, 7) is 17.4. The van der Waals surface area contributed by atoms with E-state index >= 15 is 0 Å². The number of Topliss-reactive ketones (excluding diaryl/α,β-unsaturated/α-hetero) is 2. The zero-order valence-corrected chi connectivity index (χ0v) is 73.9. The Morgan fingerprint density at radius 3 is 1.98 bits per heavy atom. The number of amides is 3. The molecule has 2 saturated heterocycles. The average molecular weight is 1750 g/mol. The highest BCUT2D eigenvalue weighted by Gasteiger charge is 2.53. The minimum absolute atomic E-state index is 0.0181. The largest absolute Gasteiger partial charge is 0.459 e. The van der Waals surface area contributed by atoms with E-state index in [2.05, 4.69) is 25.6 Å². The number of esters is 1. The van der Waals surface area contributed by atoms with Gasteiger partial charge in [0.25, 0.3) is 17.7 Å². The monoisotopic (exact) mass is 1750 g/mol. The van der Waals surface area contributed by atoms with Gasteiger partial charge < -0.3 is 119 Å². The van der Waals surface area contributed by atoms with E-state index < -0.39 is 108 Å². The summed E-state index contributed by atoms with van der Waals surface area (Å²) in [5.74, 6) is -7.75. The molecule has 35 heteroatoms. The van der Waals surface area contributed by atoms with Crippen molar-refractivity contribution in [2.75, 3.05) is 152 Å². The normalized spacial score (nSPS) is 26.6. The lowest BCUT2D eigenvalue weighted by Crippen LogP contribution is -2.61. The number of alkyl carbamates (subject to hydrolysis) is 1. The fourth-order valence-corrected chi connectivity index (χ4v) is 16.0. The number of cyclic esters (lactones) is 1. The molecule has 1 saturated carbocycles. The van der Waals surface area contributed by atoms with E-state index in [1.54, 1.807) is 51.6 Å². The molecule has 2 aromatic carbocycles. The molecular weight excluding hydrogens is 1620 g/mol. The SMILES string of the molecule is CO[C@H]1C[C@@H]2CC[C@@H](C)[C@@](O)(O2)C(=O)C(=O)N2CCCC[C@H]2C(=O)O[C@H]([C@H](N)C[C@@H]2CC[C@@H](OC(=O)NCCOCCOCCOCCOCCOCCOCCOCCOCCC(=O)NCc3ccc(Cn4nc(-c5ccc6oc(N)nc6c5)c5c(N)ncnc54)cc3)[C@H](OC)C2)C[C@@H](O)[C@H](C)/C=C(\C)[C@@H](O)[C@@H](OC)C(=O)[C@H](C)C[C@H](C)/C=C/C=CC=C1C. The maximum Gasteiger partial charge on any atom is 0.407 e. The van der Waals surface area contributed by atoms with Crippen LogP contribution >= 0.6 is 0 Å². The van der Waals surface area contributed by atoms with E-state index in [4.69, 9.17) is 93.0 Å². The molecule has 3 aliphatic heterocycles. The molecule has 692 valence electrons. The van der Waals surface area contributed by atoms with E-state index in [-0.39, 0.29) is 94.6 Å². The van der Waals surface area contributed by atoms with Crippen molar-refractivity contribution in [1.29, 1.82) is 0 Å². The van der Waals surface area contributed by atoms with Crippen molar-refractivity contribution < 1.29 is 115 Å². The average Bonchev–Trinajstić information content (AvgIpc) is 1.71. The summed E-state index contributed by atoms with van der Waals surface area (Å²) in [7, 11) is 4.47. The van der Waals surface area contributed by atoms with Gasteiger partial charge in [0.1, 0.15) is 53.8 Å². The molecule has 16 atom stereocenters. The summed E-state index contributed by atoms with van der Waals surface area (Å²) < 4.78 is 87.8. The quantitative estimate of drug-likeness (QED) is 0.00822. The predicted molar refractivity (Wildman–Crippen MR) is 463 cm³/mol. The van der Waals surface area contributed by atoms with Crippen molar-refractivity contribution in [3.8, 4) is 11.3 Å². The van der Waals surface area contributed by atoms with Gasteiger partial charge in [0.2, 0.25) is 11.7 Å². The molecule has 3 fully saturated rings. The fourth-order valence-electron chi connectivity index (χ4n) is 16.0. The zero-order chi connectivity index (χ0) is 89.8. The van der Waals surface area contributed by atoms with E-state index in [9.17, 15) is 44.1 Å². The number of allylic oxidation sites excluding steroid dienone is 5. The van der Waals surface area contributed by atoms with Crippen LogP contribution in [-0.4, -0.2) is 287 Å². The van der Waals surface area contributed by atoms with Crippen molar-refractivity contribution >= 4 is 69.4 Å². The molecule has 5 aromatic rings. The number of carbonyl (C=O) groups excluding carboxylic acids is 6. The van der Waals surface area contributed by atoms with Gasteiger partial charge in [0.15, 0.2) is 17.0 Å². The molecule has 125 heavy (non-hydrogen) atoms. The number of ether oxygens (including phenoxy) is 14. The molecular formula is C90H133N11O24. The van der Waals surface area contributed by atoms with E-state index in [0.717, 1.165) is 27.2 Å². The Kier molecular flexibility index (Phi) is 41.7. The van der Waals surface area contributed by atoms with Crippen molar-refractivity contribution in [1.82, 2.24) is 40.3 Å². The van der Waals surface area contributed by atoms with Crippen LogP contribution in [0.4, 0.5) is 16.6 Å². The smallest absolute Gasteiger partial charge is 0.407 e. The summed E-state index contributed by atoms with van der Waals surface area (Å²) in [4.78, 5) is 97.3. The molecule has 1 aliphatic carbocycles. The van der Waals surface area contributed by atoms with Crippen LogP contribution in [0.15, 0.2) is 101 Å². The Balaban J connectivity index is 0.595. The topological polar surface area (TPSA) is 467 Å². The van der Waals surface area contributed by atoms with E-state index in [1.807, 2.05) is 80.6 Å². The number of anilines is 2. The van der Waals surface area contributed by atoms with Crippen molar-refractivity contribution in [3.63, 3.8) is 0 Å². The van der Waals surface area contributed by atoms with Crippen LogP contribution in [0.3, 0.4) is 0 Å². The Labute approximate surface area is 731 Å². The number of nitrogens with one attached hydrogen (secondary N) is 2. The zero-order valence-electron chi connectivity index (χ0n) is 73.9. The summed E-state index contributed by atoms with van der Waals surface area (Å²) in [6.07, 6.45) is 9.27. The van der Waals surface area contributed by atoms with Gasteiger partial charge in [0.05, 0.1) is 142 Å². The lowest BCUT2D eigenvalue weighted by molar-refractivity contribution is -0.265. The summed E-state index contributed by atoms with van der Waals surface area (Å²) in [5, 5.41) is 47.0. The van der Waals surface area contributed by atoms with Gasteiger partial charge >= 0.3 is 12.1 Å². The third-order valence-corrected chi connectivity index (χ3v) is 23.3. The first-order chi connectivity index (χ1) is 60.3. The number of hydrogen-bond acceptors (Lipinski definition) is 31. The second-order valence-corrected chi connectivity index (χ2v) is 32.7. The number of aliphatic hydroxyl groups is 3. The number of rotatable bonds is 39. The van der Waals surface area contributed by atoms with Crippen LogP contribution in [0.25, 0.3) is 33.4 Å². The molecule has 3 amide bonds. The number of hydrogen-bond donors (Lipinski definition) is 8. The third-order valence-electron chi connectivity index (χ3n) is 23.3. The first-order valence-corrected chi connectivity index (χ1v) is 43.7. The molecule has 35 nitrogen and oxygen atoms in total. The van der Waals surface area contributed by atoms with E-state index in [1.165, 1.54) is 20.5 Å². The van der Waals surface area contributed by atoms with Crippen LogP contribution in [0, 0.1) is 29.6 Å². The molecule has 0 spiro atoms. The predicted octanol–water partition coefficient (Wildman–Crippen LogP) is 7.40. The van der Waals surface area contributed by atoms with Crippen molar-refractivity contribution in [2.45, 2.75) is 205 Å². The summed E-state index contributed by atoms with van der Waals surface area (Å²) in [5.41, 5.74) is 25.4. The first kappa shape index (κ1) is 100. The minimum Gasteiger partial charge on any atom is -0.459 e. The van der Waals surface area contributed by atoms with Gasteiger partial charge in [-0.05, 0) is 130 Å². The second-order valence-electron chi connectivity index (χ2n) is 32.7. The number of ketones is 2. The van der Waals surface area contributed by atoms with Gasteiger partial charge in [-0.3, -0.25) is 19.2 Å². The van der Waals surface area contributed by atoms with E-state index in [0.29, 0.717) is 190 Å². The standard InChI is InChI=1S/C90H133N11O24/c1-57-15-11-10-12-16-58(2)74(111-7)52-67-25-18-62(6)90(110,125-67)83(106)86(107)100-30-14-13-17-70(100)87(108)122-75(53-71(102)59(3)48-61(5)81(105)82(113-9)80(104)60(4)47-57)68(91)49-65-23-26-73(76(50-65)112-8)124-89(109)94-29-32-115-34-36-117-38-40-119-42-44-121-46-45-120-43-41-118-39-37-116-35-33-114-31-28-77(103)95-54-63-19-21-64(22-20-63)55-101-85-78(84(92)96-56-97-85)79(99-101)66-24-27-72-69(51-66)98-88(93)123-72/h10-12,15-16,19-22,24,27,48,51,56-57,59-60,62,65,67-68,70-71,73-76,81-82,102,105,110H,13-14,17-18,23,25-26,28-47,49-50,52-55,91H2,1-9H3,(H2,93,98)(H,94,109)(H,95,103)(H2,92,96,97)/b12-10?,15-11+,58-16?,61-48+/t57-,59-,60-,62-,65+,67+,68-,70+,71-,73-,74+,75+,76-,81-,82+,90-/m1/s1. The second kappa shape index (κ2) is 52.0. The number of aliphatic hydroxyl groups excluding tert-OH is 2. The fraction of sp³-hybridized carbons (Fsp3) is 0.644. The Bertz CT molecular complexity index is 4310. The molecule has 3 aromatic heterocycles. The van der Waals surface area contributed by atoms with Gasteiger partial charge in [0, 0.05) is 89.6 Å². The number of nitrogens with zero attached hydrogens (tertiary/aromatic N) is 6. The molecule has 4 aliphatic rings. The van der Waals surface area contributed by atoms with Crippen LogP contribution in [0.2, 0.25) is 0 Å². The Hall–Kier alpha value is -8.60. The lowest BCUT2D eigenvalue weighted by Gasteiger charge is -2.42. The Morgan fingerprint density at radius 2 is 1.34 bits per heavy atom. The van der Waals surface area contributed by atoms with Gasteiger partial charge in [-0.15, -0.1) is 0 Å². The number of oxazole rings is 1.